The van der Waals surface area contributed by atoms with Crippen molar-refractivity contribution in [2.75, 3.05) is 0 Å². The minimum Gasteiger partial charge on any atom is -0.392 e. The second-order valence-corrected chi connectivity index (χ2v) is 12.0. The Labute approximate surface area is 256 Å². The van der Waals surface area contributed by atoms with Gasteiger partial charge in [0.05, 0.1) is 17.7 Å². The number of hydrogen-bond donors (Lipinski definition) is 2. The fraction of sp³-hybridized carbons (Fsp3) is 0.583. The summed E-state index contributed by atoms with van der Waals surface area (Å²) < 4.78 is 0. The number of aliphatic hydroxyl groups is 2. The summed E-state index contributed by atoms with van der Waals surface area (Å²) in [5, 5.41) is 23.6. The Morgan fingerprint density at radius 1 is 0.750 bits per heavy atom. The Bertz CT molecular complexity index is 1130. The van der Waals surface area contributed by atoms with E-state index in [-0.39, 0.29) is 38.2 Å². The van der Waals surface area contributed by atoms with Crippen LogP contribution in [0.4, 0.5) is 0 Å². The number of aliphatic hydroxyl groups excluding tert-OH is 2. The van der Waals surface area contributed by atoms with Crippen LogP contribution < -0.4 is 0 Å². The third kappa shape index (κ3) is 7.62. The molecule has 2 N–H and O–H groups in total. The van der Waals surface area contributed by atoms with E-state index in [2.05, 4.69) is 50.9 Å². The second kappa shape index (κ2) is 16.2. The molecule has 2 aliphatic carbocycles. The van der Waals surface area contributed by atoms with Gasteiger partial charge in [0.25, 0.3) is 0 Å². The van der Waals surface area contributed by atoms with Gasteiger partial charge in [-0.05, 0) is 72.4 Å². The van der Waals surface area contributed by atoms with Crippen molar-refractivity contribution in [3.63, 3.8) is 0 Å². The number of nitrogens with zero attached hydrogens (tertiary/aromatic N) is 1. The molecule has 0 amide bonds. The molecule has 3 nitrogen and oxygen atoms in total. The zero-order chi connectivity index (χ0) is 27.8. The number of benzene rings is 2. The van der Waals surface area contributed by atoms with Crippen molar-refractivity contribution in [3.05, 3.63) is 66.7 Å². The van der Waals surface area contributed by atoms with E-state index in [1.165, 1.54) is 24.6 Å². The van der Waals surface area contributed by atoms with Crippen LogP contribution in [0.5, 0.6) is 0 Å². The quantitative estimate of drug-likeness (QED) is 0.240. The molecule has 2 aliphatic rings. The van der Waals surface area contributed by atoms with Crippen LogP contribution in [0.2, 0.25) is 0 Å². The van der Waals surface area contributed by atoms with E-state index in [4.69, 9.17) is 0 Å². The van der Waals surface area contributed by atoms with Crippen molar-refractivity contribution >= 4 is 10.9 Å². The molecule has 6 atom stereocenters. The van der Waals surface area contributed by atoms with E-state index in [1.54, 1.807) is 0 Å². The summed E-state index contributed by atoms with van der Waals surface area (Å²) in [7, 11) is 0. The van der Waals surface area contributed by atoms with E-state index < -0.39 is 0 Å². The molecule has 3 aromatic rings. The predicted octanol–water partition coefficient (Wildman–Crippen LogP) is 8.72. The zero-order valence-electron chi connectivity index (χ0n) is 24.9. The summed E-state index contributed by atoms with van der Waals surface area (Å²) in [5.74, 6) is 2.71. The maximum atomic E-state index is 11.2. The van der Waals surface area contributed by atoms with Crippen LogP contribution in [-0.2, 0) is 20.1 Å². The summed E-state index contributed by atoms with van der Waals surface area (Å²) in [5.41, 5.74) is 3.03. The number of pyridine rings is 1. The van der Waals surface area contributed by atoms with Gasteiger partial charge >= 0.3 is 0 Å². The monoisotopic (exact) mass is 721 g/mol. The maximum absolute atomic E-state index is 11.2. The average molecular weight is 721 g/mol. The number of para-hydroxylation sites is 1. The third-order valence-electron chi connectivity index (χ3n) is 10.1. The van der Waals surface area contributed by atoms with E-state index in [9.17, 15) is 10.2 Å². The molecule has 4 unspecified atom stereocenters. The van der Waals surface area contributed by atoms with Gasteiger partial charge in [0.1, 0.15) is 0 Å². The minimum atomic E-state index is -0.292. The Kier molecular flexibility index (Phi) is 13.3. The largest absolute Gasteiger partial charge is 0.392 e. The summed E-state index contributed by atoms with van der Waals surface area (Å²) in [6, 6.07) is 23.4. The SMILES string of the molecule is CCC(CC)[C@H]1CCCC2CC[C@H](C(CC)CC)C(O)C2C1O.[Ir].[c-]1ccccc1-c1ccc2ccccc2n1. The first-order valence-corrected chi connectivity index (χ1v) is 15.7. The number of aromatic nitrogens is 1. The van der Waals surface area contributed by atoms with Gasteiger partial charge in [-0.2, -0.15) is 0 Å². The molecule has 5 rings (SSSR count). The molecule has 0 aliphatic heterocycles. The van der Waals surface area contributed by atoms with Crippen molar-refractivity contribution in [1.82, 2.24) is 4.98 Å². The van der Waals surface area contributed by atoms with Crippen LogP contribution >= 0.6 is 0 Å². The van der Waals surface area contributed by atoms with Gasteiger partial charge in [-0.15, -0.1) is 35.9 Å². The molecule has 221 valence electrons. The Hall–Kier alpha value is -1.58. The number of hydrogen-bond acceptors (Lipinski definition) is 3. The topological polar surface area (TPSA) is 53.4 Å². The number of fused-ring (bicyclic) bond motifs is 2. The van der Waals surface area contributed by atoms with Crippen molar-refractivity contribution in [2.45, 2.75) is 97.7 Å². The van der Waals surface area contributed by atoms with E-state index in [1.807, 2.05) is 48.5 Å². The summed E-state index contributed by atoms with van der Waals surface area (Å²) in [4.78, 5) is 4.61. The van der Waals surface area contributed by atoms with Crippen LogP contribution in [0.25, 0.3) is 22.2 Å². The van der Waals surface area contributed by atoms with Crippen LogP contribution in [0.3, 0.4) is 0 Å². The van der Waals surface area contributed by atoms with E-state index in [0.717, 1.165) is 55.3 Å². The molecule has 0 saturated heterocycles. The van der Waals surface area contributed by atoms with Gasteiger partial charge in [0.15, 0.2) is 0 Å². The van der Waals surface area contributed by atoms with Gasteiger partial charge in [-0.3, -0.25) is 4.98 Å². The fourth-order valence-electron chi connectivity index (χ4n) is 7.81. The molecule has 2 fully saturated rings. The first-order valence-electron chi connectivity index (χ1n) is 15.7. The van der Waals surface area contributed by atoms with Gasteiger partial charge in [0, 0.05) is 26.0 Å². The molecule has 2 aromatic carbocycles. The first-order chi connectivity index (χ1) is 19.0. The fourth-order valence-corrected chi connectivity index (χ4v) is 7.81. The van der Waals surface area contributed by atoms with Crippen molar-refractivity contribution in [2.24, 2.45) is 35.5 Å². The van der Waals surface area contributed by atoms with Gasteiger partial charge in [-0.1, -0.05) is 90.1 Å². The van der Waals surface area contributed by atoms with Gasteiger partial charge < -0.3 is 10.2 Å². The van der Waals surface area contributed by atoms with E-state index >= 15 is 0 Å². The molecule has 4 heteroatoms. The standard InChI is InChI=1S/C21H40O2.C15H10N.Ir/c1-5-14(6-2)17-11-9-10-16-12-13-18(15(7-3)8-4)21(23)19(16)20(17)22;1-2-6-12(7-3-1)15-11-10-13-8-4-5-9-14(13)16-15;/h14-23H,5-13H2,1-4H3;1-6,8-11H;/q;-1;/t16?,17-,18-,19?,20?,21?;;/m1../s1. The Morgan fingerprint density at radius 2 is 1.38 bits per heavy atom. The molecular weight excluding hydrogens is 671 g/mol. The third-order valence-corrected chi connectivity index (χ3v) is 10.1. The maximum Gasteiger partial charge on any atom is 0.0626 e. The van der Waals surface area contributed by atoms with Crippen LogP contribution in [0, 0.1) is 41.6 Å². The van der Waals surface area contributed by atoms with Crippen LogP contribution in [0.1, 0.15) is 85.5 Å². The molecule has 1 heterocycles. The molecular formula is C36H50IrNO2-. The van der Waals surface area contributed by atoms with Crippen molar-refractivity contribution < 1.29 is 30.3 Å². The van der Waals surface area contributed by atoms with Gasteiger partial charge in [-0.25, -0.2) is 0 Å². The van der Waals surface area contributed by atoms with Crippen LogP contribution in [-0.4, -0.2) is 27.4 Å². The number of rotatable bonds is 7. The summed E-state index contributed by atoms with van der Waals surface area (Å²) in [6.45, 7) is 9.02. The molecule has 2 saturated carbocycles. The summed E-state index contributed by atoms with van der Waals surface area (Å²) in [6.07, 6.45) is 10.0. The normalized spacial score (nSPS) is 26.4. The average Bonchev–Trinajstić information content (AvgIpc) is 3.15. The van der Waals surface area contributed by atoms with Crippen molar-refractivity contribution in [1.29, 1.82) is 0 Å². The molecule has 0 spiro atoms. The van der Waals surface area contributed by atoms with E-state index in [0.29, 0.717) is 29.6 Å². The summed E-state index contributed by atoms with van der Waals surface area (Å²) >= 11 is 0. The molecule has 40 heavy (non-hydrogen) atoms. The Morgan fingerprint density at radius 3 is 2.00 bits per heavy atom. The minimum absolute atomic E-state index is 0. The smallest absolute Gasteiger partial charge is 0.0626 e. The van der Waals surface area contributed by atoms with Crippen LogP contribution in [0.15, 0.2) is 60.7 Å². The second-order valence-electron chi connectivity index (χ2n) is 12.0. The zero-order valence-corrected chi connectivity index (χ0v) is 27.3. The van der Waals surface area contributed by atoms with Crippen molar-refractivity contribution in [3.8, 4) is 11.3 Å². The molecule has 0 bridgehead atoms. The molecule has 1 radical (unpaired) electrons. The Balaban J connectivity index is 0.000000227. The van der Waals surface area contributed by atoms with Gasteiger partial charge in [0.2, 0.25) is 0 Å². The molecule has 1 aromatic heterocycles. The predicted molar refractivity (Wildman–Crippen MR) is 163 cm³/mol. The first kappa shape index (κ1) is 32.9.